The molecule has 0 saturated heterocycles. The molecule has 0 saturated carbocycles. The number of hydrogen-bond acceptors (Lipinski definition) is 3. The number of pyridine rings is 1. The summed E-state index contributed by atoms with van der Waals surface area (Å²) in [5.41, 5.74) is 1.86. The van der Waals surface area contributed by atoms with Gasteiger partial charge in [0.25, 0.3) is 0 Å². The average Bonchev–Trinajstić information content (AvgIpc) is 2.29. The third-order valence-electron chi connectivity index (χ3n) is 1.96. The SMILES string of the molecule is C=C.C=Cc1ncc(NC(=O)OC(C)(C)C)cc1C.[HH]. The van der Waals surface area contributed by atoms with Crippen molar-refractivity contribution in [2.45, 2.75) is 33.3 Å². The number of amides is 1. The van der Waals surface area contributed by atoms with E-state index in [1.807, 2.05) is 33.8 Å². The normalized spacial score (nSPS) is 9.89. The molecule has 0 aliphatic carbocycles. The summed E-state index contributed by atoms with van der Waals surface area (Å²) in [5.74, 6) is 0. The van der Waals surface area contributed by atoms with Crippen LogP contribution in [0.1, 0.15) is 33.5 Å². The highest BCUT2D eigenvalue weighted by Gasteiger charge is 2.16. The van der Waals surface area contributed by atoms with Gasteiger partial charge in [-0.15, -0.1) is 13.2 Å². The Balaban J connectivity index is 0. The average molecular weight is 264 g/mol. The lowest BCUT2D eigenvalue weighted by atomic mass is 10.2. The molecule has 0 aliphatic heterocycles. The highest BCUT2D eigenvalue weighted by atomic mass is 16.6. The number of hydrogen-bond donors (Lipinski definition) is 1. The second-order valence-electron chi connectivity index (χ2n) is 4.76. The fraction of sp³-hybridized carbons (Fsp3) is 0.333. The maximum absolute atomic E-state index is 11.5. The van der Waals surface area contributed by atoms with Crippen LogP contribution in [0.4, 0.5) is 10.5 Å². The molecule has 0 aliphatic rings. The lowest BCUT2D eigenvalue weighted by Crippen LogP contribution is -2.27. The van der Waals surface area contributed by atoms with E-state index in [-0.39, 0.29) is 1.43 Å². The Morgan fingerprint density at radius 2 is 2.05 bits per heavy atom. The van der Waals surface area contributed by atoms with Crippen molar-refractivity contribution in [1.29, 1.82) is 0 Å². The number of carbonyl (C=O) groups is 1. The van der Waals surface area contributed by atoms with Crippen molar-refractivity contribution in [2.24, 2.45) is 0 Å². The number of ether oxygens (including phenoxy) is 1. The Labute approximate surface area is 116 Å². The first-order chi connectivity index (χ1) is 8.81. The summed E-state index contributed by atoms with van der Waals surface area (Å²) < 4.78 is 5.14. The predicted molar refractivity (Wildman–Crippen MR) is 82.3 cm³/mol. The highest BCUT2D eigenvalue weighted by Crippen LogP contribution is 2.14. The van der Waals surface area contributed by atoms with Gasteiger partial charge in [-0.1, -0.05) is 6.58 Å². The zero-order chi connectivity index (χ0) is 15.1. The van der Waals surface area contributed by atoms with Gasteiger partial charge in [-0.05, 0) is 45.4 Å². The van der Waals surface area contributed by atoms with E-state index in [2.05, 4.69) is 30.0 Å². The molecule has 106 valence electrons. The van der Waals surface area contributed by atoms with E-state index in [0.29, 0.717) is 5.69 Å². The third kappa shape index (κ3) is 6.41. The highest BCUT2D eigenvalue weighted by molar-refractivity contribution is 5.84. The first-order valence-electron chi connectivity index (χ1n) is 5.91. The fourth-order valence-corrected chi connectivity index (χ4v) is 1.29. The molecule has 0 bridgehead atoms. The summed E-state index contributed by atoms with van der Waals surface area (Å²) in [4.78, 5) is 15.7. The third-order valence-corrected chi connectivity index (χ3v) is 1.96. The summed E-state index contributed by atoms with van der Waals surface area (Å²) in [6, 6.07) is 1.83. The molecule has 1 rings (SSSR count). The summed E-state index contributed by atoms with van der Waals surface area (Å²) in [7, 11) is 0. The van der Waals surface area contributed by atoms with E-state index in [9.17, 15) is 4.79 Å². The topological polar surface area (TPSA) is 51.2 Å². The Kier molecular flexibility index (Phi) is 6.55. The molecule has 1 amide bonds. The van der Waals surface area contributed by atoms with Crippen LogP contribution in [0.3, 0.4) is 0 Å². The lowest BCUT2D eigenvalue weighted by molar-refractivity contribution is 0.0636. The minimum absolute atomic E-state index is 0. The van der Waals surface area contributed by atoms with Crippen LogP contribution in [0.15, 0.2) is 32.0 Å². The fourth-order valence-electron chi connectivity index (χ4n) is 1.29. The molecule has 4 nitrogen and oxygen atoms in total. The minimum atomic E-state index is -0.506. The second-order valence-corrected chi connectivity index (χ2v) is 4.76. The molecule has 1 heterocycles. The number of nitrogens with one attached hydrogen (secondary N) is 1. The van der Waals surface area contributed by atoms with E-state index in [1.54, 1.807) is 12.3 Å². The Morgan fingerprint density at radius 1 is 1.47 bits per heavy atom. The zero-order valence-corrected chi connectivity index (χ0v) is 12.1. The zero-order valence-electron chi connectivity index (χ0n) is 12.1. The number of anilines is 1. The van der Waals surface area contributed by atoms with Crippen LogP contribution in [-0.2, 0) is 4.74 Å². The van der Waals surface area contributed by atoms with Gasteiger partial charge < -0.3 is 4.74 Å². The predicted octanol–water partition coefficient (Wildman–Crippen LogP) is 4.43. The van der Waals surface area contributed by atoms with Gasteiger partial charge in [0.2, 0.25) is 0 Å². The van der Waals surface area contributed by atoms with Crippen molar-refractivity contribution in [1.82, 2.24) is 4.98 Å². The van der Waals surface area contributed by atoms with Gasteiger partial charge in [0, 0.05) is 1.43 Å². The monoisotopic (exact) mass is 264 g/mol. The van der Waals surface area contributed by atoms with E-state index in [1.165, 1.54) is 0 Å². The molecule has 1 aromatic rings. The standard InChI is InChI=1S/C13H18N2O2.C2H4.H2/c1-6-11-9(2)7-10(8-14-11)15-12(16)17-13(3,4)5;1-2;/h6-8H,1H2,2-5H3,(H,15,16);1-2H2;1H. The van der Waals surface area contributed by atoms with Gasteiger partial charge in [0.05, 0.1) is 17.6 Å². The van der Waals surface area contributed by atoms with Gasteiger partial charge >= 0.3 is 6.09 Å². The van der Waals surface area contributed by atoms with Gasteiger partial charge in [-0.25, -0.2) is 4.79 Å². The van der Waals surface area contributed by atoms with Crippen LogP contribution in [0.25, 0.3) is 6.08 Å². The minimum Gasteiger partial charge on any atom is -0.444 e. The largest absolute Gasteiger partial charge is 0.444 e. The lowest BCUT2D eigenvalue weighted by Gasteiger charge is -2.19. The van der Waals surface area contributed by atoms with Crippen LogP contribution in [0.2, 0.25) is 0 Å². The van der Waals surface area contributed by atoms with Crippen LogP contribution in [-0.4, -0.2) is 16.7 Å². The second kappa shape index (κ2) is 7.36. The maximum Gasteiger partial charge on any atom is 0.412 e. The number of carbonyl (C=O) groups excluding carboxylic acids is 1. The summed E-state index contributed by atoms with van der Waals surface area (Å²) in [5, 5.41) is 2.63. The smallest absolute Gasteiger partial charge is 0.412 e. The molecule has 0 unspecified atom stereocenters. The van der Waals surface area contributed by atoms with Crippen molar-refractivity contribution >= 4 is 17.9 Å². The molecule has 1 aromatic heterocycles. The van der Waals surface area contributed by atoms with Crippen LogP contribution in [0, 0.1) is 6.92 Å². The summed E-state index contributed by atoms with van der Waals surface area (Å²) in [6.45, 7) is 17.0. The molecular formula is C15H24N2O2. The van der Waals surface area contributed by atoms with Crippen LogP contribution < -0.4 is 5.32 Å². The molecule has 1 N–H and O–H groups in total. The molecule has 0 spiro atoms. The quantitative estimate of drug-likeness (QED) is 0.804. The van der Waals surface area contributed by atoms with Gasteiger partial charge in [0.15, 0.2) is 0 Å². The number of rotatable bonds is 2. The van der Waals surface area contributed by atoms with Crippen LogP contribution in [0.5, 0.6) is 0 Å². The maximum atomic E-state index is 11.5. The number of nitrogens with zero attached hydrogens (tertiary/aromatic N) is 1. The van der Waals surface area contributed by atoms with Crippen molar-refractivity contribution < 1.29 is 11.0 Å². The van der Waals surface area contributed by atoms with Crippen molar-refractivity contribution in [3.8, 4) is 0 Å². The van der Waals surface area contributed by atoms with E-state index in [4.69, 9.17) is 4.74 Å². The molecule has 19 heavy (non-hydrogen) atoms. The van der Waals surface area contributed by atoms with E-state index in [0.717, 1.165) is 11.3 Å². The summed E-state index contributed by atoms with van der Waals surface area (Å²) in [6.07, 6.45) is 2.77. The first kappa shape index (κ1) is 16.9. The molecule has 0 fully saturated rings. The van der Waals surface area contributed by atoms with Crippen molar-refractivity contribution in [2.75, 3.05) is 5.32 Å². The number of aryl methyl sites for hydroxylation is 1. The van der Waals surface area contributed by atoms with Crippen LogP contribution >= 0.6 is 0 Å². The first-order valence-corrected chi connectivity index (χ1v) is 5.91. The van der Waals surface area contributed by atoms with Crippen molar-refractivity contribution in [3.05, 3.63) is 43.3 Å². The van der Waals surface area contributed by atoms with Crippen molar-refractivity contribution in [3.63, 3.8) is 0 Å². The van der Waals surface area contributed by atoms with Gasteiger partial charge in [-0.3, -0.25) is 10.3 Å². The molecule has 4 heteroatoms. The van der Waals surface area contributed by atoms with Gasteiger partial charge in [-0.2, -0.15) is 0 Å². The Bertz CT molecular complexity index is 454. The molecular weight excluding hydrogens is 240 g/mol. The summed E-state index contributed by atoms with van der Waals surface area (Å²) >= 11 is 0. The molecule has 0 atom stereocenters. The Hall–Kier alpha value is -2.10. The van der Waals surface area contributed by atoms with E-state index >= 15 is 0 Å². The molecule has 0 radical (unpaired) electrons. The number of aromatic nitrogens is 1. The van der Waals surface area contributed by atoms with Gasteiger partial charge in [0.1, 0.15) is 5.60 Å². The van der Waals surface area contributed by atoms with E-state index < -0.39 is 11.7 Å². The Morgan fingerprint density at radius 3 is 2.47 bits per heavy atom. The molecule has 0 aromatic carbocycles.